The van der Waals surface area contributed by atoms with Crippen LogP contribution in [0.1, 0.15) is 117 Å². The molecule has 10 rings (SSSR count). The molecule has 0 atom stereocenters. The Morgan fingerprint density at radius 3 is 1.20 bits per heavy atom. The number of H-pyrrole nitrogens is 3. The summed E-state index contributed by atoms with van der Waals surface area (Å²) in [6.07, 6.45) is 4.73. The first-order valence-electron chi connectivity index (χ1n) is 28.8. The van der Waals surface area contributed by atoms with Crippen LogP contribution in [0, 0.1) is 20.8 Å². The highest BCUT2D eigenvalue weighted by Crippen LogP contribution is 2.34. The predicted molar refractivity (Wildman–Crippen MR) is 367 cm³/mol. The molecule has 504 valence electrons. The van der Waals surface area contributed by atoms with Gasteiger partial charge in [-0.1, -0.05) is 54.7 Å². The molecule has 33 heteroatoms. The molecule has 4 N–H and O–H groups in total. The SMILES string of the molecule is C.C.CCCc1nc(C)c2c(=O)[nH]c(-c3cc(S(=O)(=O)Cl)ccc3OCC)nn12.CCCc1nc(C)c2c(=O)[nH]c(-c3cc(S(=O)(=O)N4CCN(CC)CC4)ccc3OCC)nn12.CCCc1nc(C)c2c(=O)[nH]c(-c3ccccc3OCC)nn12.I.O=S(=O)(O)Cl. The Morgan fingerprint density at radius 2 is 0.848 bits per heavy atom. The van der Waals surface area contributed by atoms with Crippen molar-refractivity contribution in [1.82, 2.24) is 68.0 Å². The van der Waals surface area contributed by atoms with Crippen LogP contribution in [0.3, 0.4) is 0 Å². The second-order valence-electron chi connectivity index (χ2n) is 20.1. The fourth-order valence-corrected chi connectivity index (χ4v) is 12.1. The number of aromatic nitrogens is 12. The van der Waals surface area contributed by atoms with Crippen molar-refractivity contribution in [3.8, 4) is 51.4 Å². The first kappa shape index (κ1) is 77.6. The number of aromatic amines is 3. The maximum absolute atomic E-state index is 13.4. The third-order valence-corrected chi connectivity index (χ3v) is 17.0. The van der Waals surface area contributed by atoms with E-state index in [0.717, 1.165) is 43.6 Å². The number of piperazine rings is 1. The van der Waals surface area contributed by atoms with Crippen molar-refractivity contribution < 1.29 is 44.0 Å². The van der Waals surface area contributed by atoms with Crippen LogP contribution in [0.15, 0.2) is 84.8 Å². The smallest absolute Gasteiger partial charge is 0.353 e. The van der Waals surface area contributed by atoms with E-state index in [1.54, 1.807) is 48.0 Å². The van der Waals surface area contributed by atoms with Gasteiger partial charge in [-0.25, -0.2) is 45.3 Å². The van der Waals surface area contributed by atoms with Crippen molar-refractivity contribution in [2.75, 3.05) is 52.5 Å². The Morgan fingerprint density at radius 1 is 0.511 bits per heavy atom. The minimum Gasteiger partial charge on any atom is -0.493 e. The molecule has 0 bridgehead atoms. The number of nitrogens with zero attached hydrogens (tertiary/aromatic N) is 11. The molecule has 0 unspecified atom stereocenters. The van der Waals surface area contributed by atoms with Crippen LogP contribution in [0.4, 0.5) is 0 Å². The number of aryl methyl sites for hydroxylation is 6. The Hall–Kier alpha value is -6.85. The zero-order valence-corrected chi connectivity index (χ0v) is 57.6. The van der Waals surface area contributed by atoms with E-state index in [1.807, 2.05) is 58.9 Å². The average molecular weight is 1490 g/mol. The maximum Gasteiger partial charge on any atom is 0.353 e. The quantitative estimate of drug-likeness (QED) is 0.0332. The van der Waals surface area contributed by atoms with Gasteiger partial charge in [0.2, 0.25) is 10.0 Å². The number of hydrogen-bond donors (Lipinski definition) is 4. The Bertz CT molecular complexity index is 4540. The highest BCUT2D eigenvalue weighted by Gasteiger charge is 2.30. The summed E-state index contributed by atoms with van der Waals surface area (Å²) in [5.41, 5.74) is 3.78. The highest BCUT2D eigenvalue weighted by molar-refractivity contribution is 14.0. The van der Waals surface area contributed by atoms with Gasteiger partial charge in [-0.3, -0.25) is 18.9 Å². The summed E-state index contributed by atoms with van der Waals surface area (Å²) >= 11 is 0. The molecule has 0 aliphatic carbocycles. The summed E-state index contributed by atoms with van der Waals surface area (Å²) in [5, 5.41) is 13.7. The van der Waals surface area contributed by atoms with Crippen LogP contribution >= 0.6 is 45.3 Å². The summed E-state index contributed by atoms with van der Waals surface area (Å²) in [7, 11) is -2.33. The van der Waals surface area contributed by atoms with E-state index >= 15 is 0 Å². The molecule has 6 aromatic heterocycles. The van der Waals surface area contributed by atoms with Gasteiger partial charge in [-0.15, -0.1) is 39.3 Å². The summed E-state index contributed by atoms with van der Waals surface area (Å²) in [6, 6.07) is 16.4. The number of halogens is 3. The number of para-hydroxylation sites is 1. The first-order valence-corrected chi connectivity index (χ1v) is 34.8. The molecule has 0 radical (unpaired) electrons. The van der Waals surface area contributed by atoms with E-state index < -0.39 is 28.4 Å². The second kappa shape index (κ2) is 33.8. The Labute approximate surface area is 561 Å². The second-order valence-corrected chi connectivity index (χ2v) is 26.6. The zero-order valence-electron chi connectivity index (χ0n) is 51.3. The Kier molecular flexibility index (Phi) is 28.5. The van der Waals surface area contributed by atoms with Gasteiger partial charge >= 0.3 is 9.33 Å². The number of imidazole rings is 3. The summed E-state index contributed by atoms with van der Waals surface area (Å²) in [6.45, 7) is 23.6. The van der Waals surface area contributed by atoms with E-state index in [0.29, 0.717) is 138 Å². The van der Waals surface area contributed by atoms with E-state index in [4.69, 9.17) is 37.9 Å². The lowest BCUT2D eigenvalue weighted by Gasteiger charge is -2.33. The average Bonchev–Trinajstić information content (AvgIpc) is 1.48. The van der Waals surface area contributed by atoms with Gasteiger partial charge in [-0.2, -0.15) is 12.7 Å². The molecule has 27 nitrogen and oxygen atoms in total. The lowest BCUT2D eigenvalue weighted by molar-refractivity contribution is 0.196. The van der Waals surface area contributed by atoms with Crippen LogP contribution < -0.4 is 30.9 Å². The van der Waals surface area contributed by atoms with Gasteiger partial charge in [0.05, 0.1) is 63.4 Å². The van der Waals surface area contributed by atoms with Crippen molar-refractivity contribution >= 4 is 90.3 Å². The molecule has 0 spiro atoms. The fourth-order valence-electron chi connectivity index (χ4n) is 9.87. The number of benzene rings is 3. The number of rotatable bonds is 19. The third kappa shape index (κ3) is 18.5. The van der Waals surface area contributed by atoms with Crippen LogP contribution in [-0.2, 0) is 47.7 Å². The lowest BCUT2D eigenvalue weighted by atomic mass is 10.2. The molecule has 3 aromatic carbocycles. The number of sulfonamides is 1. The number of hydrogen-bond acceptors (Lipinski definition) is 19. The van der Waals surface area contributed by atoms with Gasteiger partial charge < -0.3 is 34.1 Å². The molecule has 9 aromatic rings. The number of likely N-dealkylation sites (N-methyl/N-ethyl adjacent to an activating group) is 1. The molecular formula is C59H81Cl2IN14O13S3. The highest BCUT2D eigenvalue weighted by atomic mass is 127. The van der Waals surface area contributed by atoms with E-state index in [9.17, 15) is 31.2 Å². The molecule has 1 saturated heterocycles. The number of ether oxygens (including phenoxy) is 3. The van der Waals surface area contributed by atoms with E-state index in [1.165, 1.54) is 27.0 Å². The molecule has 0 amide bonds. The summed E-state index contributed by atoms with van der Waals surface area (Å²) in [5.74, 6) is 4.60. The van der Waals surface area contributed by atoms with Crippen LogP contribution in [0.25, 0.3) is 50.7 Å². The topological polar surface area (TPSA) is 346 Å². The largest absolute Gasteiger partial charge is 0.493 e. The van der Waals surface area contributed by atoms with Gasteiger partial charge in [0, 0.05) is 66.8 Å². The fraction of sp³-hybridized carbons (Fsp3) is 0.441. The number of fused-ring (bicyclic) bond motifs is 3. The monoisotopic (exact) mass is 1490 g/mol. The lowest BCUT2D eigenvalue weighted by Crippen LogP contribution is -2.48. The van der Waals surface area contributed by atoms with E-state index in [2.05, 4.69) is 74.6 Å². The van der Waals surface area contributed by atoms with Crippen LogP contribution in [-0.4, -0.2) is 150 Å². The van der Waals surface area contributed by atoms with E-state index in [-0.39, 0.29) is 76.9 Å². The van der Waals surface area contributed by atoms with Crippen molar-refractivity contribution in [1.29, 1.82) is 0 Å². The van der Waals surface area contributed by atoms with Crippen molar-refractivity contribution in [2.24, 2.45) is 0 Å². The van der Waals surface area contributed by atoms with Gasteiger partial charge in [0.15, 0.2) is 34.0 Å². The van der Waals surface area contributed by atoms with Crippen molar-refractivity contribution in [3.05, 3.63) is 126 Å². The van der Waals surface area contributed by atoms with Gasteiger partial charge in [-0.05, 0) is 116 Å². The molecule has 1 fully saturated rings. The third-order valence-electron chi connectivity index (χ3n) is 13.8. The molecule has 92 heavy (non-hydrogen) atoms. The molecular weight excluding hydrogens is 1410 g/mol. The first-order chi connectivity index (χ1) is 42.2. The molecule has 0 saturated carbocycles. The van der Waals surface area contributed by atoms with Gasteiger partial charge in [0.1, 0.15) is 34.7 Å². The molecule has 1 aliphatic rings. The maximum atomic E-state index is 13.4. The normalized spacial score (nSPS) is 12.7. The van der Waals surface area contributed by atoms with Gasteiger partial charge in [0.25, 0.3) is 25.7 Å². The zero-order chi connectivity index (χ0) is 65.1. The predicted octanol–water partition coefficient (Wildman–Crippen LogP) is 9.40. The van der Waals surface area contributed by atoms with Crippen molar-refractivity contribution in [3.63, 3.8) is 0 Å². The molecule has 7 heterocycles. The number of nitrogens with one attached hydrogen (secondary N) is 3. The summed E-state index contributed by atoms with van der Waals surface area (Å²) in [4.78, 5) is 62.1. The van der Waals surface area contributed by atoms with Crippen LogP contribution in [0.2, 0.25) is 0 Å². The van der Waals surface area contributed by atoms with Crippen molar-refractivity contribution in [2.45, 2.75) is 132 Å². The molecule has 1 aliphatic heterocycles. The standard InChI is InChI=1S/C23H32N6O4S.C17H19ClN4O4S.C17H20N4O2.2CH4.ClHO3S.HI/c1-5-8-20-24-16(4)21-23(30)25-22(26-29(20)21)18-15-17(9-10-19(18)33-7-3)34(31,32)28-13-11-27(6-2)12-14-28;1-4-6-14-19-10(3)15-17(23)20-16(21-22(14)15)12-9-11(27(18,24)25)7-8-13(12)26-5-2;1-4-8-14-18-11(3)15-17(22)19-16(20-21(14)15)12-9-6-7-10-13(12)23-5-2;;;1-5(2,3)4;/h9-10,15H,5-8,11-14H2,1-4H3,(H,25,26,30);7-9H,4-6H2,1-3H3,(H,20,21,23);6-7,9-10H,4-5,8H2,1-3H3,(H,19,20,22);2*1H4;(H,2,3,4);1H. The van der Waals surface area contributed by atoms with Crippen LogP contribution in [0.5, 0.6) is 17.2 Å². The minimum atomic E-state index is -4.19. The Balaban J connectivity index is 0.000000284. The summed E-state index contributed by atoms with van der Waals surface area (Å²) < 4.78 is 98.7. The minimum absolute atomic E-state index is 0.